The second kappa shape index (κ2) is 20.5. The van der Waals surface area contributed by atoms with Crippen molar-refractivity contribution in [2.45, 2.75) is 33.1 Å². The van der Waals surface area contributed by atoms with E-state index in [0.29, 0.717) is 16.9 Å². The number of aryl methyl sites for hydroxylation is 1. The van der Waals surface area contributed by atoms with Crippen LogP contribution in [0.4, 0.5) is 17.1 Å². The van der Waals surface area contributed by atoms with Crippen LogP contribution in [0, 0.1) is 13.0 Å². The van der Waals surface area contributed by atoms with Crippen molar-refractivity contribution >= 4 is 76.2 Å². The Morgan fingerprint density at radius 1 is 0.575 bits per heavy atom. The van der Waals surface area contributed by atoms with Crippen molar-refractivity contribution in [2.24, 2.45) is 4.99 Å². The second-order valence-electron chi connectivity index (χ2n) is 19.4. The number of nitrogens with zero attached hydrogens (tertiary/aromatic N) is 3. The van der Waals surface area contributed by atoms with Crippen LogP contribution in [0.15, 0.2) is 248 Å². The Labute approximate surface area is 445 Å². The molecule has 11 rings (SSSR count). The summed E-state index contributed by atoms with van der Waals surface area (Å²) in [5.41, 5.74) is 8.52. The van der Waals surface area contributed by atoms with Crippen molar-refractivity contribution in [3.8, 4) is 33.9 Å². The first-order valence-electron chi connectivity index (χ1n) is 24.5. The molecule has 9 aromatic carbocycles. The van der Waals surface area contributed by atoms with E-state index in [0.717, 1.165) is 66.0 Å². The fourth-order valence-corrected chi connectivity index (χ4v) is 18.4. The summed E-state index contributed by atoms with van der Waals surface area (Å²) < 4.78 is 7.03. The van der Waals surface area contributed by atoms with Gasteiger partial charge in [-0.05, 0) is 62.3 Å². The van der Waals surface area contributed by atoms with E-state index in [9.17, 15) is 4.80 Å². The first-order chi connectivity index (χ1) is 35.1. The van der Waals surface area contributed by atoms with Gasteiger partial charge in [0.1, 0.15) is 8.07 Å². The SMILES string of the molecule is Cc1cccc2c1N([C-]=Nc1c(-c3ccccc3)cccc1-c1ccccc1)c1[c-]c(Oc3cc(C(C)(C)C)cc([Si](O)(c4ccccc4)c4ccccc4)n3)ccc1[Si]2(c1ccccc1)c1ccccc1.[Pt+2]. The molecular formula is C65H53N3O2PtSi2. The molecule has 0 unspecified atom stereocenters. The number of hydrogen-bond donors (Lipinski definition) is 1. The summed E-state index contributed by atoms with van der Waals surface area (Å²) >= 11 is 0. The molecule has 0 radical (unpaired) electrons. The number of rotatable bonds is 11. The summed E-state index contributed by atoms with van der Waals surface area (Å²) in [7, 11) is -6.73. The Hall–Kier alpha value is -7.52. The topological polar surface area (TPSA) is 58.0 Å². The predicted octanol–water partition coefficient (Wildman–Crippen LogP) is 10.6. The van der Waals surface area contributed by atoms with Crippen LogP contribution in [0.5, 0.6) is 11.6 Å². The monoisotopic (exact) mass is 1160 g/mol. The number of benzene rings is 9. The first-order valence-corrected chi connectivity index (χ1v) is 28.4. The molecule has 2 heterocycles. The van der Waals surface area contributed by atoms with E-state index in [-0.39, 0.29) is 26.5 Å². The van der Waals surface area contributed by atoms with Crippen LogP contribution in [-0.2, 0) is 26.5 Å². The van der Waals surface area contributed by atoms with Gasteiger partial charge in [0.2, 0.25) is 5.88 Å². The van der Waals surface area contributed by atoms with Gasteiger partial charge in [0.15, 0.2) is 0 Å². The van der Waals surface area contributed by atoms with Gasteiger partial charge in [-0.1, -0.05) is 260 Å². The van der Waals surface area contributed by atoms with E-state index in [1.165, 1.54) is 15.6 Å². The number of anilines is 2. The summed E-state index contributed by atoms with van der Waals surface area (Å²) in [6.45, 7) is 8.71. The first kappa shape index (κ1) is 49.1. The number of pyridine rings is 1. The van der Waals surface area contributed by atoms with Gasteiger partial charge in [-0.3, -0.25) is 0 Å². The van der Waals surface area contributed by atoms with Gasteiger partial charge >= 0.3 is 29.4 Å². The minimum absolute atomic E-state index is 0. The third-order valence-electron chi connectivity index (χ3n) is 13.9. The standard InChI is InChI=1S/C65H53N3O2Si2.Pt/c1-47-25-23-40-60-64(47)68(46-66-63-56(48-26-11-5-12-27-48)38-24-39-57(63)49-28-13-6-14-29-49)58-45-51(41-42-59(58)71(60,52-30-15-7-16-31-52)53-32-17-8-18-33-53)70-61-43-50(65(2,3)4)44-62(67-61)72(69,54-34-19-9-20-35-54)55-36-21-10-22-37-55;/h5-44,69H,1-4H3;/q-2;+2. The van der Waals surface area contributed by atoms with Gasteiger partial charge in [0, 0.05) is 23.8 Å². The van der Waals surface area contributed by atoms with E-state index in [2.05, 4.69) is 203 Å². The fourth-order valence-electron chi connectivity index (χ4n) is 10.4. The van der Waals surface area contributed by atoms with Gasteiger partial charge < -0.3 is 19.4 Å². The minimum atomic E-state index is -3.64. The maximum absolute atomic E-state index is 13.2. The molecule has 0 spiro atoms. The normalized spacial score (nSPS) is 12.9. The third-order valence-corrected chi connectivity index (χ3v) is 22.1. The summed E-state index contributed by atoms with van der Waals surface area (Å²) in [5.74, 6) is 0.854. The molecule has 0 aliphatic carbocycles. The largest absolute Gasteiger partial charge is 2.00 e. The molecule has 73 heavy (non-hydrogen) atoms. The summed E-state index contributed by atoms with van der Waals surface area (Å²) in [6.07, 6.45) is 3.69. The molecule has 10 aromatic rings. The molecule has 0 fully saturated rings. The van der Waals surface area contributed by atoms with Crippen molar-refractivity contribution < 1.29 is 30.6 Å². The Kier molecular flexibility index (Phi) is 13.8. The molecule has 1 aromatic heterocycles. The third kappa shape index (κ3) is 9.08. The van der Waals surface area contributed by atoms with Crippen molar-refractivity contribution in [1.29, 1.82) is 0 Å². The van der Waals surface area contributed by atoms with Crippen LogP contribution in [0.3, 0.4) is 0 Å². The quantitative estimate of drug-likeness (QED) is 0.0607. The van der Waals surface area contributed by atoms with Gasteiger partial charge in [-0.25, -0.2) is 4.98 Å². The molecule has 1 aliphatic rings. The predicted molar refractivity (Wildman–Crippen MR) is 303 cm³/mol. The Bertz CT molecular complexity index is 3420. The van der Waals surface area contributed by atoms with Crippen LogP contribution in [0.2, 0.25) is 0 Å². The number of aliphatic imine (C=N–C) groups is 1. The zero-order valence-electron chi connectivity index (χ0n) is 41.1. The number of hydrogen-bond acceptors (Lipinski definition) is 4. The smallest absolute Gasteiger partial charge is 0.466 e. The number of para-hydroxylation sites is 2. The number of ether oxygens (including phenoxy) is 1. The van der Waals surface area contributed by atoms with Crippen LogP contribution in [0.1, 0.15) is 31.9 Å². The average Bonchev–Trinajstić information content (AvgIpc) is 3.43. The van der Waals surface area contributed by atoms with Gasteiger partial charge in [-0.2, -0.15) is 17.3 Å². The van der Waals surface area contributed by atoms with Gasteiger partial charge in [-0.15, -0.1) is 11.8 Å². The number of aromatic nitrogens is 1. The van der Waals surface area contributed by atoms with Crippen molar-refractivity contribution in [2.75, 3.05) is 4.90 Å². The maximum atomic E-state index is 13.2. The Morgan fingerprint density at radius 2 is 1.07 bits per heavy atom. The fraction of sp³-hybridized carbons (Fsp3) is 0.0769. The summed E-state index contributed by atoms with van der Waals surface area (Å²) in [5, 5.41) is 7.13. The van der Waals surface area contributed by atoms with Crippen molar-refractivity contribution in [1.82, 2.24) is 4.98 Å². The van der Waals surface area contributed by atoms with E-state index in [4.69, 9.17) is 14.7 Å². The van der Waals surface area contributed by atoms with Crippen molar-refractivity contribution in [3.05, 3.63) is 260 Å². The Morgan fingerprint density at radius 3 is 1.59 bits per heavy atom. The molecular weight excluding hydrogens is 1110 g/mol. The molecule has 1 aliphatic heterocycles. The average molecular weight is 1160 g/mol. The maximum Gasteiger partial charge on any atom is 2.00 e. The number of fused-ring (bicyclic) bond motifs is 2. The van der Waals surface area contributed by atoms with Gasteiger partial charge in [0.05, 0.1) is 5.32 Å². The molecule has 5 nitrogen and oxygen atoms in total. The molecule has 0 atom stereocenters. The molecule has 8 heteroatoms. The molecule has 0 amide bonds. The second-order valence-corrected chi connectivity index (χ2v) is 26.2. The van der Waals surface area contributed by atoms with Crippen LogP contribution in [-0.4, -0.2) is 32.5 Å². The molecule has 0 bridgehead atoms. The van der Waals surface area contributed by atoms with Gasteiger partial charge in [0.25, 0.3) is 0 Å². The summed E-state index contributed by atoms with van der Waals surface area (Å²) in [6, 6.07) is 87.9. The van der Waals surface area contributed by atoms with Crippen LogP contribution < -0.4 is 46.1 Å². The Balaban J connectivity index is 0.00000611. The van der Waals surface area contributed by atoms with Crippen LogP contribution >= 0.6 is 0 Å². The molecule has 0 saturated heterocycles. The van der Waals surface area contributed by atoms with Crippen molar-refractivity contribution in [3.63, 3.8) is 0 Å². The zero-order chi connectivity index (χ0) is 49.3. The zero-order valence-corrected chi connectivity index (χ0v) is 45.4. The minimum Gasteiger partial charge on any atom is -0.466 e. The van der Waals surface area contributed by atoms with Crippen LogP contribution in [0.25, 0.3) is 22.3 Å². The summed E-state index contributed by atoms with van der Waals surface area (Å²) in [4.78, 5) is 26.0. The molecule has 1 N–H and O–H groups in total. The van der Waals surface area contributed by atoms with E-state index in [1.807, 2.05) is 84.9 Å². The molecule has 358 valence electrons. The van der Waals surface area contributed by atoms with E-state index >= 15 is 0 Å². The molecule has 0 saturated carbocycles. The van der Waals surface area contributed by atoms with E-state index < -0.39 is 16.4 Å². The van der Waals surface area contributed by atoms with E-state index in [1.54, 1.807) is 0 Å².